The Balaban J connectivity index is 2.12. The van der Waals surface area contributed by atoms with Crippen molar-refractivity contribution in [3.05, 3.63) is 23.8 Å². The Morgan fingerprint density at radius 3 is 2.50 bits per heavy atom. The van der Waals surface area contributed by atoms with Gasteiger partial charge in [-0.1, -0.05) is 45.9 Å². The maximum atomic E-state index is 13.0. The molecule has 0 saturated carbocycles. The molecule has 0 aromatic rings. The van der Waals surface area contributed by atoms with E-state index in [1.165, 1.54) is 5.57 Å². The van der Waals surface area contributed by atoms with Crippen LogP contribution in [-0.4, -0.2) is 50.2 Å². The van der Waals surface area contributed by atoms with Crippen LogP contribution in [0.3, 0.4) is 0 Å². The van der Waals surface area contributed by atoms with Gasteiger partial charge in [0.25, 0.3) is 0 Å². The number of esters is 1. The Morgan fingerprint density at radius 1 is 1.21 bits per heavy atom. The number of aliphatic hydroxyl groups excluding tert-OH is 1. The smallest absolute Gasteiger partial charge is 0.311 e. The molecule has 6 nitrogen and oxygen atoms in total. The van der Waals surface area contributed by atoms with Crippen molar-refractivity contribution in [2.75, 3.05) is 6.54 Å². The minimum atomic E-state index is -1.88. The number of ether oxygens (including phenoxy) is 1. The van der Waals surface area contributed by atoms with Gasteiger partial charge in [0.05, 0.1) is 24.0 Å². The second-order valence-corrected chi connectivity index (χ2v) is 17.8. The third kappa shape index (κ3) is 9.94. The van der Waals surface area contributed by atoms with E-state index in [-0.39, 0.29) is 42.3 Å². The molecule has 0 fully saturated rings. The first-order chi connectivity index (χ1) is 17.7. The highest BCUT2D eigenvalue weighted by Crippen LogP contribution is 2.45. The highest BCUT2D eigenvalue weighted by molar-refractivity contribution is 6.69. The van der Waals surface area contributed by atoms with Gasteiger partial charge in [0, 0.05) is 12.5 Å². The molecule has 0 saturated heterocycles. The second kappa shape index (κ2) is 14.3. The summed E-state index contributed by atoms with van der Waals surface area (Å²) in [4.78, 5) is 25.5. The maximum Gasteiger partial charge on any atom is 0.311 e. The van der Waals surface area contributed by atoms with Gasteiger partial charge in [-0.05, 0) is 95.3 Å². The van der Waals surface area contributed by atoms with E-state index in [0.717, 1.165) is 25.7 Å². The van der Waals surface area contributed by atoms with Gasteiger partial charge in [-0.25, -0.2) is 0 Å². The van der Waals surface area contributed by atoms with E-state index in [2.05, 4.69) is 57.0 Å². The molecule has 0 aliphatic heterocycles. The standard InChI is InChI=1S/C31H55NO5Si/c1-10-16-32-28(34)20-25(37-38(7,8)9)19-24(33)14-15-26-22(4)12-13-23-17-21(3)18-27(29(23)26)36-30(35)31(5,6)11-2/h12-13,17,21-22,24-27,29,33H,10-11,14-16,18-20H2,1-9H3,(H,32,34). The molecule has 7 atom stereocenters. The predicted molar refractivity (Wildman–Crippen MR) is 157 cm³/mol. The fourth-order valence-corrected chi connectivity index (χ4v) is 6.86. The molecule has 0 aromatic heterocycles. The monoisotopic (exact) mass is 549 g/mol. The Bertz CT molecular complexity index is 846. The van der Waals surface area contributed by atoms with E-state index in [9.17, 15) is 14.7 Å². The van der Waals surface area contributed by atoms with E-state index in [0.29, 0.717) is 31.2 Å². The Morgan fingerprint density at radius 2 is 1.89 bits per heavy atom. The van der Waals surface area contributed by atoms with Gasteiger partial charge >= 0.3 is 5.97 Å². The molecule has 2 aliphatic carbocycles. The molecule has 0 spiro atoms. The zero-order valence-corrected chi connectivity index (χ0v) is 26.5. The third-order valence-corrected chi connectivity index (χ3v) is 9.20. The lowest BCUT2D eigenvalue weighted by Crippen LogP contribution is -2.43. The number of nitrogens with one attached hydrogen (secondary N) is 1. The molecule has 1 amide bonds. The number of aliphatic hydroxyl groups is 1. The van der Waals surface area contributed by atoms with Crippen LogP contribution in [0.5, 0.6) is 0 Å². The van der Waals surface area contributed by atoms with Crippen LogP contribution in [0.15, 0.2) is 23.8 Å². The zero-order chi connectivity index (χ0) is 28.7. The first kappa shape index (κ1) is 32.8. The Labute approximate surface area is 233 Å². The largest absolute Gasteiger partial charge is 0.461 e. The van der Waals surface area contributed by atoms with Crippen molar-refractivity contribution in [1.82, 2.24) is 5.32 Å². The molecule has 2 N–H and O–H groups in total. The summed E-state index contributed by atoms with van der Waals surface area (Å²) in [6, 6.07) is 0. The lowest BCUT2D eigenvalue weighted by Gasteiger charge is -2.44. The topological polar surface area (TPSA) is 84.9 Å². The predicted octanol–water partition coefficient (Wildman–Crippen LogP) is 6.41. The van der Waals surface area contributed by atoms with Gasteiger partial charge in [-0.3, -0.25) is 9.59 Å². The van der Waals surface area contributed by atoms with E-state index >= 15 is 0 Å². The number of fused-ring (bicyclic) bond motifs is 1. The summed E-state index contributed by atoms with van der Waals surface area (Å²) in [6.07, 6.45) is 10.5. The summed E-state index contributed by atoms with van der Waals surface area (Å²) in [5.41, 5.74) is 0.766. The van der Waals surface area contributed by atoms with Gasteiger partial charge in [-0.15, -0.1) is 0 Å². The third-order valence-electron chi connectivity index (χ3n) is 8.16. The maximum absolute atomic E-state index is 13.0. The lowest BCUT2D eigenvalue weighted by molar-refractivity contribution is -0.164. The Hall–Kier alpha value is -1.44. The zero-order valence-electron chi connectivity index (χ0n) is 25.5. The number of rotatable bonds is 14. The molecule has 7 unspecified atom stereocenters. The number of hydrogen-bond donors (Lipinski definition) is 2. The van der Waals surface area contributed by atoms with Crippen molar-refractivity contribution in [1.29, 1.82) is 0 Å². The van der Waals surface area contributed by atoms with Gasteiger partial charge in [-0.2, -0.15) is 0 Å². The number of amides is 1. The minimum absolute atomic E-state index is 0.0147. The number of hydrogen-bond acceptors (Lipinski definition) is 5. The normalized spacial score (nSPS) is 27.2. The van der Waals surface area contributed by atoms with Crippen LogP contribution < -0.4 is 5.32 Å². The van der Waals surface area contributed by atoms with Crippen LogP contribution in [0.1, 0.15) is 86.5 Å². The quantitative estimate of drug-likeness (QED) is 0.193. The molecular formula is C31H55NO5Si. The van der Waals surface area contributed by atoms with Gasteiger partial charge in [0.15, 0.2) is 8.32 Å². The first-order valence-corrected chi connectivity index (χ1v) is 18.3. The van der Waals surface area contributed by atoms with Crippen molar-refractivity contribution in [3.63, 3.8) is 0 Å². The average Bonchev–Trinajstić information content (AvgIpc) is 2.80. The molecule has 7 heteroatoms. The highest BCUT2D eigenvalue weighted by atomic mass is 28.4. The van der Waals surface area contributed by atoms with Crippen LogP contribution >= 0.6 is 0 Å². The molecule has 0 radical (unpaired) electrons. The Kier molecular flexibility index (Phi) is 12.3. The van der Waals surface area contributed by atoms with Crippen LogP contribution in [0.4, 0.5) is 0 Å². The highest BCUT2D eigenvalue weighted by Gasteiger charge is 2.43. The minimum Gasteiger partial charge on any atom is -0.461 e. The van der Waals surface area contributed by atoms with Crippen molar-refractivity contribution >= 4 is 20.2 Å². The average molecular weight is 550 g/mol. The summed E-state index contributed by atoms with van der Waals surface area (Å²) >= 11 is 0. The van der Waals surface area contributed by atoms with Crippen LogP contribution in [-0.2, 0) is 18.8 Å². The van der Waals surface area contributed by atoms with Crippen molar-refractivity contribution < 1.29 is 23.9 Å². The fourth-order valence-electron chi connectivity index (χ4n) is 5.69. The number of carbonyl (C=O) groups is 2. The van der Waals surface area contributed by atoms with Crippen LogP contribution in [0.2, 0.25) is 19.6 Å². The molecule has 2 aliphatic rings. The van der Waals surface area contributed by atoms with Gasteiger partial charge in [0.2, 0.25) is 5.91 Å². The van der Waals surface area contributed by atoms with E-state index < -0.39 is 19.8 Å². The van der Waals surface area contributed by atoms with Crippen LogP contribution in [0, 0.1) is 29.1 Å². The lowest BCUT2D eigenvalue weighted by atomic mass is 9.65. The van der Waals surface area contributed by atoms with Gasteiger partial charge in [0.1, 0.15) is 6.10 Å². The number of carbonyl (C=O) groups excluding carboxylic acids is 2. The molecule has 0 aromatic carbocycles. The van der Waals surface area contributed by atoms with Crippen molar-refractivity contribution in [3.8, 4) is 0 Å². The molecular weight excluding hydrogens is 494 g/mol. The summed E-state index contributed by atoms with van der Waals surface area (Å²) in [5.74, 6) is 0.966. The first-order valence-electron chi connectivity index (χ1n) is 14.9. The van der Waals surface area contributed by atoms with Crippen LogP contribution in [0.25, 0.3) is 0 Å². The molecule has 38 heavy (non-hydrogen) atoms. The molecule has 0 bridgehead atoms. The van der Waals surface area contributed by atoms with E-state index in [4.69, 9.17) is 9.16 Å². The van der Waals surface area contributed by atoms with E-state index in [1.54, 1.807) is 0 Å². The number of allylic oxidation sites excluding steroid dienone is 3. The van der Waals surface area contributed by atoms with E-state index in [1.807, 2.05) is 27.7 Å². The second-order valence-electron chi connectivity index (χ2n) is 13.3. The summed E-state index contributed by atoms with van der Waals surface area (Å²) in [7, 11) is -1.88. The van der Waals surface area contributed by atoms with Gasteiger partial charge < -0.3 is 19.6 Å². The summed E-state index contributed by atoms with van der Waals surface area (Å²) in [5, 5.41) is 14.0. The summed E-state index contributed by atoms with van der Waals surface area (Å²) in [6.45, 7) is 19.4. The van der Waals surface area contributed by atoms with Crippen molar-refractivity contribution in [2.24, 2.45) is 29.1 Å². The van der Waals surface area contributed by atoms with Crippen molar-refractivity contribution in [2.45, 2.75) is 124 Å². The summed E-state index contributed by atoms with van der Waals surface area (Å²) < 4.78 is 12.5. The molecule has 2 rings (SSSR count). The fraction of sp³-hybridized carbons (Fsp3) is 0.806. The molecule has 218 valence electrons. The molecule has 0 heterocycles. The SMILES string of the molecule is CCCNC(=O)CC(CC(O)CCC1C(C)C=CC2=CC(C)CC(OC(=O)C(C)(C)CC)C21)O[Si](C)(C)C.